The van der Waals surface area contributed by atoms with Crippen molar-refractivity contribution in [2.75, 3.05) is 33.6 Å². The Morgan fingerprint density at radius 2 is 2.17 bits per heavy atom. The third-order valence-corrected chi connectivity index (χ3v) is 3.09. The molecule has 18 heavy (non-hydrogen) atoms. The lowest BCUT2D eigenvalue weighted by Crippen LogP contribution is -2.34. The van der Waals surface area contributed by atoms with Gasteiger partial charge in [-0.3, -0.25) is 0 Å². The van der Waals surface area contributed by atoms with Crippen molar-refractivity contribution in [1.82, 2.24) is 5.32 Å². The van der Waals surface area contributed by atoms with E-state index in [2.05, 4.69) is 17.4 Å². The molecule has 1 unspecified atom stereocenters. The highest BCUT2D eigenvalue weighted by molar-refractivity contribution is 5.27. The van der Waals surface area contributed by atoms with Gasteiger partial charge in [-0.1, -0.05) is 12.1 Å². The monoisotopic (exact) mass is 251 g/mol. The summed E-state index contributed by atoms with van der Waals surface area (Å²) in [5.74, 6) is 0.905. The molecule has 0 spiro atoms. The fraction of sp³-hybridized carbons (Fsp3) is 0.571. The van der Waals surface area contributed by atoms with Gasteiger partial charge in [0.2, 0.25) is 0 Å². The molecule has 0 aliphatic carbocycles. The van der Waals surface area contributed by atoms with Crippen molar-refractivity contribution in [2.45, 2.75) is 18.9 Å². The van der Waals surface area contributed by atoms with Crippen molar-refractivity contribution in [1.29, 1.82) is 0 Å². The first-order valence-electron chi connectivity index (χ1n) is 6.41. The summed E-state index contributed by atoms with van der Waals surface area (Å²) in [5, 5.41) is 3.42. The normalized spacial score (nSPS) is 19.7. The second kappa shape index (κ2) is 7.36. The third-order valence-electron chi connectivity index (χ3n) is 3.09. The number of rotatable bonds is 6. The molecule has 1 aromatic carbocycles. The molecular formula is C14H21NO3. The molecule has 4 heteroatoms. The summed E-state index contributed by atoms with van der Waals surface area (Å²) in [6.07, 6.45) is 2.30. The van der Waals surface area contributed by atoms with Crippen LogP contribution in [-0.2, 0) is 15.9 Å². The van der Waals surface area contributed by atoms with E-state index >= 15 is 0 Å². The first-order chi connectivity index (χ1) is 8.88. The van der Waals surface area contributed by atoms with Crippen molar-refractivity contribution < 1.29 is 14.2 Å². The third kappa shape index (κ3) is 4.29. The molecule has 1 aliphatic heterocycles. The molecule has 0 bridgehead atoms. The van der Waals surface area contributed by atoms with E-state index in [1.54, 1.807) is 7.11 Å². The lowest BCUT2D eigenvalue weighted by molar-refractivity contribution is -0.137. The summed E-state index contributed by atoms with van der Waals surface area (Å²) in [7, 11) is 1.68. The Kier molecular flexibility index (Phi) is 5.45. The number of hydrogen-bond acceptors (Lipinski definition) is 4. The molecule has 1 aliphatic rings. The number of ether oxygens (including phenoxy) is 3. The highest BCUT2D eigenvalue weighted by Gasteiger charge is 2.12. The summed E-state index contributed by atoms with van der Waals surface area (Å²) >= 11 is 0. The van der Waals surface area contributed by atoms with E-state index in [1.165, 1.54) is 5.56 Å². The van der Waals surface area contributed by atoms with Crippen molar-refractivity contribution in [3.05, 3.63) is 29.8 Å². The van der Waals surface area contributed by atoms with Crippen LogP contribution in [0.15, 0.2) is 24.3 Å². The average Bonchev–Trinajstić information content (AvgIpc) is 2.45. The largest absolute Gasteiger partial charge is 0.497 e. The highest BCUT2D eigenvalue weighted by atomic mass is 16.7. The van der Waals surface area contributed by atoms with E-state index < -0.39 is 0 Å². The van der Waals surface area contributed by atoms with E-state index in [0.717, 1.165) is 38.3 Å². The zero-order chi connectivity index (χ0) is 12.6. The van der Waals surface area contributed by atoms with Crippen LogP contribution in [0, 0.1) is 0 Å². The van der Waals surface area contributed by atoms with Crippen molar-refractivity contribution in [3.8, 4) is 5.75 Å². The van der Waals surface area contributed by atoms with Crippen LogP contribution in [0.5, 0.6) is 5.75 Å². The maximum absolute atomic E-state index is 5.46. The number of benzene rings is 1. The van der Waals surface area contributed by atoms with Gasteiger partial charge < -0.3 is 19.5 Å². The van der Waals surface area contributed by atoms with Crippen LogP contribution in [0.2, 0.25) is 0 Å². The van der Waals surface area contributed by atoms with Gasteiger partial charge in [0.05, 0.1) is 19.8 Å². The molecule has 2 rings (SSSR count). The van der Waals surface area contributed by atoms with Crippen LogP contribution >= 0.6 is 0 Å². The molecule has 0 saturated carbocycles. The summed E-state index contributed by atoms with van der Waals surface area (Å²) in [6, 6.07) is 8.20. The van der Waals surface area contributed by atoms with Gasteiger partial charge in [0.15, 0.2) is 0 Å². The van der Waals surface area contributed by atoms with Gasteiger partial charge in [-0.05, 0) is 37.1 Å². The Labute approximate surface area is 108 Å². The van der Waals surface area contributed by atoms with E-state index in [1.807, 2.05) is 12.1 Å². The lowest BCUT2D eigenvalue weighted by atomic mass is 10.1. The van der Waals surface area contributed by atoms with E-state index in [9.17, 15) is 0 Å². The zero-order valence-electron chi connectivity index (χ0n) is 10.9. The molecule has 0 aromatic heterocycles. The van der Waals surface area contributed by atoms with E-state index in [0.29, 0.717) is 12.9 Å². The van der Waals surface area contributed by atoms with Crippen LogP contribution in [-0.4, -0.2) is 39.7 Å². The predicted octanol–water partition coefficient (Wildman–Crippen LogP) is 1.59. The second-order valence-electron chi connectivity index (χ2n) is 4.41. The Bertz CT molecular complexity index is 333. The van der Waals surface area contributed by atoms with Crippen LogP contribution < -0.4 is 10.1 Å². The zero-order valence-corrected chi connectivity index (χ0v) is 10.9. The highest BCUT2D eigenvalue weighted by Crippen LogP contribution is 2.11. The summed E-state index contributed by atoms with van der Waals surface area (Å²) in [5.41, 5.74) is 1.32. The van der Waals surface area contributed by atoms with Crippen molar-refractivity contribution >= 4 is 0 Å². The van der Waals surface area contributed by atoms with Gasteiger partial charge >= 0.3 is 0 Å². The van der Waals surface area contributed by atoms with Crippen LogP contribution in [0.1, 0.15) is 12.0 Å². The topological polar surface area (TPSA) is 39.7 Å². The van der Waals surface area contributed by atoms with E-state index in [4.69, 9.17) is 14.2 Å². The molecule has 0 radical (unpaired) electrons. The molecule has 1 heterocycles. The molecule has 1 fully saturated rings. The standard InChI is InChI=1S/C14H21NO3/c1-16-13-4-2-12(3-5-13)6-8-15-10-14-7-9-17-11-18-14/h2-5,14-15H,6-11H2,1H3. The first kappa shape index (κ1) is 13.3. The van der Waals surface area contributed by atoms with Crippen molar-refractivity contribution in [3.63, 3.8) is 0 Å². The van der Waals surface area contributed by atoms with Crippen molar-refractivity contribution in [2.24, 2.45) is 0 Å². The molecule has 1 atom stereocenters. The predicted molar refractivity (Wildman–Crippen MR) is 69.9 cm³/mol. The Balaban J connectivity index is 1.62. The maximum atomic E-state index is 5.46. The summed E-state index contributed by atoms with van der Waals surface area (Å²) < 4.78 is 15.7. The van der Waals surface area contributed by atoms with Gasteiger partial charge in [0.25, 0.3) is 0 Å². The minimum atomic E-state index is 0.301. The first-order valence-corrected chi connectivity index (χ1v) is 6.41. The van der Waals surface area contributed by atoms with Gasteiger partial charge in [-0.25, -0.2) is 0 Å². The molecule has 1 N–H and O–H groups in total. The second-order valence-corrected chi connectivity index (χ2v) is 4.41. The Hall–Kier alpha value is -1.10. The van der Waals surface area contributed by atoms with Gasteiger partial charge in [0.1, 0.15) is 12.5 Å². The lowest BCUT2D eigenvalue weighted by Gasteiger charge is -2.22. The van der Waals surface area contributed by atoms with Gasteiger partial charge in [0, 0.05) is 6.54 Å². The molecule has 0 amide bonds. The molecule has 100 valence electrons. The minimum absolute atomic E-state index is 0.301. The molecule has 1 saturated heterocycles. The van der Waals surface area contributed by atoms with Crippen LogP contribution in [0.4, 0.5) is 0 Å². The smallest absolute Gasteiger partial charge is 0.147 e. The molecule has 4 nitrogen and oxygen atoms in total. The van der Waals surface area contributed by atoms with Gasteiger partial charge in [-0.2, -0.15) is 0 Å². The number of hydrogen-bond donors (Lipinski definition) is 1. The number of nitrogens with one attached hydrogen (secondary N) is 1. The van der Waals surface area contributed by atoms with Crippen LogP contribution in [0.3, 0.4) is 0 Å². The number of methoxy groups -OCH3 is 1. The average molecular weight is 251 g/mol. The Morgan fingerprint density at radius 3 is 2.83 bits per heavy atom. The fourth-order valence-corrected chi connectivity index (χ4v) is 1.95. The van der Waals surface area contributed by atoms with Gasteiger partial charge in [-0.15, -0.1) is 0 Å². The van der Waals surface area contributed by atoms with E-state index in [-0.39, 0.29) is 0 Å². The Morgan fingerprint density at radius 1 is 1.33 bits per heavy atom. The minimum Gasteiger partial charge on any atom is -0.497 e. The quantitative estimate of drug-likeness (QED) is 0.779. The summed E-state index contributed by atoms with van der Waals surface area (Å²) in [4.78, 5) is 0. The SMILES string of the molecule is COc1ccc(CCNCC2CCOCO2)cc1. The molecule has 1 aromatic rings. The molecular weight excluding hydrogens is 230 g/mol. The maximum Gasteiger partial charge on any atom is 0.147 e. The summed E-state index contributed by atoms with van der Waals surface area (Å²) in [6.45, 7) is 3.11. The van der Waals surface area contributed by atoms with Crippen LogP contribution in [0.25, 0.3) is 0 Å². The fourth-order valence-electron chi connectivity index (χ4n) is 1.95.